The van der Waals surface area contributed by atoms with Crippen molar-refractivity contribution in [3.8, 4) is 0 Å². The molecule has 18 heavy (non-hydrogen) atoms. The van der Waals surface area contributed by atoms with Crippen LogP contribution in [0.4, 0.5) is 13.2 Å². The number of halogens is 4. The Morgan fingerprint density at radius 1 is 1.17 bits per heavy atom. The van der Waals surface area contributed by atoms with Crippen molar-refractivity contribution in [2.24, 2.45) is 5.92 Å². The number of benzene rings is 1. The Labute approximate surface area is 113 Å². The summed E-state index contributed by atoms with van der Waals surface area (Å²) >= 11 is 3.39. The molecule has 1 rings (SSSR count). The summed E-state index contributed by atoms with van der Waals surface area (Å²) in [5.74, 6) is 0.292. The average molecular weight is 325 g/mol. The Morgan fingerprint density at radius 2 is 1.83 bits per heavy atom. The fourth-order valence-corrected chi connectivity index (χ4v) is 2.17. The van der Waals surface area contributed by atoms with Crippen molar-refractivity contribution in [2.45, 2.75) is 19.0 Å². The Balaban J connectivity index is 2.26. The summed E-state index contributed by atoms with van der Waals surface area (Å²) in [5.41, 5.74) is 1.19. The summed E-state index contributed by atoms with van der Waals surface area (Å²) in [6.07, 6.45) is -2.76. The zero-order valence-corrected chi connectivity index (χ0v) is 11.5. The maximum absolute atomic E-state index is 11.9. The molecule has 0 fully saturated rings. The van der Waals surface area contributed by atoms with Crippen LogP contribution in [0, 0.1) is 5.92 Å². The molecule has 0 amide bonds. The maximum atomic E-state index is 11.9. The number of hydrogen-bond acceptors (Lipinski definition) is 1. The minimum Gasteiger partial charge on any atom is -0.372 e. The van der Waals surface area contributed by atoms with E-state index in [1.165, 1.54) is 5.56 Å². The van der Waals surface area contributed by atoms with Gasteiger partial charge in [-0.3, -0.25) is 0 Å². The van der Waals surface area contributed by atoms with Gasteiger partial charge in [0.15, 0.2) is 0 Å². The summed E-state index contributed by atoms with van der Waals surface area (Å²) in [4.78, 5) is 0. The van der Waals surface area contributed by atoms with E-state index in [4.69, 9.17) is 0 Å². The standard InChI is InChI=1S/C13H16BrF3O/c14-9-12(6-7-18-10-13(15,16)17)8-11-4-2-1-3-5-11/h1-5,12H,6-10H2. The van der Waals surface area contributed by atoms with Crippen molar-refractivity contribution in [1.29, 1.82) is 0 Å². The molecule has 0 aliphatic heterocycles. The van der Waals surface area contributed by atoms with E-state index in [0.717, 1.165) is 11.8 Å². The largest absolute Gasteiger partial charge is 0.411 e. The van der Waals surface area contributed by atoms with Crippen LogP contribution in [-0.4, -0.2) is 24.7 Å². The smallest absolute Gasteiger partial charge is 0.372 e. The van der Waals surface area contributed by atoms with Crippen LogP contribution in [0.5, 0.6) is 0 Å². The van der Waals surface area contributed by atoms with Gasteiger partial charge in [-0.15, -0.1) is 0 Å². The van der Waals surface area contributed by atoms with Gasteiger partial charge in [0.1, 0.15) is 6.61 Å². The minimum atomic E-state index is -4.23. The van der Waals surface area contributed by atoms with E-state index in [2.05, 4.69) is 20.7 Å². The molecule has 102 valence electrons. The van der Waals surface area contributed by atoms with Gasteiger partial charge in [0.2, 0.25) is 0 Å². The number of rotatable bonds is 7. The molecule has 1 aromatic rings. The lowest BCUT2D eigenvalue weighted by atomic mass is 9.98. The van der Waals surface area contributed by atoms with Gasteiger partial charge in [-0.1, -0.05) is 46.3 Å². The summed E-state index contributed by atoms with van der Waals surface area (Å²) in [5, 5.41) is 0.761. The highest BCUT2D eigenvalue weighted by atomic mass is 79.9. The number of hydrogen-bond donors (Lipinski definition) is 0. The van der Waals surface area contributed by atoms with Crippen molar-refractivity contribution >= 4 is 15.9 Å². The molecule has 0 heterocycles. The molecule has 1 unspecified atom stereocenters. The van der Waals surface area contributed by atoms with E-state index < -0.39 is 12.8 Å². The number of ether oxygens (including phenoxy) is 1. The fraction of sp³-hybridized carbons (Fsp3) is 0.538. The first-order valence-corrected chi connectivity index (χ1v) is 6.88. The van der Waals surface area contributed by atoms with E-state index in [9.17, 15) is 13.2 Å². The first-order chi connectivity index (χ1) is 8.51. The molecular formula is C13H16BrF3O. The Hall–Kier alpha value is -0.550. The van der Waals surface area contributed by atoms with Crippen molar-refractivity contribution in [2.75, 3.05) is 18.5 Å². The second-order valence-electron chi connectivity index (χ2n) is 4.17. The lowest BCUT2D eigenvalue weighted by Gasteiger charge is -2.14. The van der Waals surface area contributed by atoms with Gasteiger partial charge >= 0.3 is 6.18 Å². The van der Waals surface area contributed by atoms with Crippen molar-refractivity contribution in [3.63, 3.8) is 0 Å². The molecule has 1 aromatic carbocycles. The van der Waals surface area contributed by atoms with Crippen LogP contribution >= 0.6 is 15.9 Å². The molecule has 0 saturated carbocycles. The molecule has 0 radical (unpaired) electrons. The van der Waals surface area contributed by atoms with E-state index >= 15 is 0 Å². The molecule has 0 N–H and O–H groups in total. The molecule has 0 aromatic heterocycles. The second-order valence-corrected chi connectivity index (χ2v) is 4.81. The lowest BCUT2D eigenvalue weighted by Crippen LogP contribution is -2.19. The van der Waals surface area contributed by atoms with Gasteiger partial charge in [0.05, 0.1) is 0 Å². The van der Waals surface area contributed by atoms with Gasteiger partial charge in [-0.05, 0) is 24.3 Å². The van der Waals surface area contributed by atoms with E-state index in [-0.39, 0.29) is 6.61 Å². The minimum absolute atomic E-state index is 0.141. The average Bonchev–Trinajstić information content (AvgIpc) is 2.33. The van der Waals surface area contributed by atoms with E-state index in [1.807, 2.05) is 30.3 Å². The van der Waals surface area contributed by atoms with Gasteiger partial charge in [0.25, 0.3) is 0 Å². The predicted molar refractivity (Wildman–Crippen MR) is 68.9 cm³/mol. The SMILES string of the molecule is FC(F)(F)COCCC(CBr)Cc1ccccc1. The van der Waals surface area contributed by atoms with Crippen molar-refractivity contribution < 1.29 is 17.9 Å². The Morgan fingerprint density at radius 3 is 2.39 bits per heavy atom. The first-order valence-electron chi connectivity index (χ1n) is 5.75. The Kier molecular flexibility index (Phi) is 6.71. The highest BCUT2D eigenvalue weighted by Crippen LogP contribution is 2.17. The summed E-state index contributed by atoms with van der Waals surface area (Å²) < 4.78 is 40.2. The number of alkyl halides is 4. The molecule has 1 atom stereocenters. The van der Waals surface area contributed by atoms with Gasteiger partial charge < -0.3 is 4.74 Å². The molecule has 1 nitrogen and oxygen atoms in total. The van der Waals surface area contributed by atoms with Crippen LogP contribution in [0.25, 0.3) is 0 Å². The van der Waals surface area contributed by atoms with E-state index in [1.54, 1.807) is 0 Å². The normalized spacial score (nSPS) is 13.6. The van der Waals surface area contributed by atoms with Crippen LogP contribution in [-0.2, 0) is 11.2 Å². The van der Waals surface area contributed by atoms with Gasteiger partial charge in [-0.25, -0.2) is 0 Å². The van der Waals surface area contributed by atoms with Crippen LogP contribution in [0.15, 0.2) is 30.3 Å². The fourth-order valence-electron chi connectivity index (χ4n) is 1.62. The topological polar surface area (TPSA) is 9.23 Å². The zero-order valence-electron chi connectivity index (χ0n) is 9.92. The molecular weight excluding hydrogens is 309 g/mol. The van der Waals surface area contributed by atoms with Crippen molar-refractivity contribution in [1.82, 2.24) is 0 Å². The third-order valence-corrected chi connectivity index (χ3v) is 3.44. The highest BCUT2D eigenvalue weighted by molar-refractivity contribution is 9.09. The molecule has 5 heteroatoms. The first kappa shape index (κ1) is 15.5. The molecule has 0 saturated heterocycles. The van der Waals surface area contributed by atoms with Crippen LogP contribution in [0.1, 0.15) is 12.0 Å². The quantitative estimate of drug-likeness (QED) is 0.539. The van der Waals surface area contributed by atoms with Crippen LogP contribution < -0.4 is 0 Å². The summed E-state index contributed by atoms with van der Waals surface area (Å²) in [7, 11) is 0. The molecule has 0 aliphatic carbocycles. The molecule has 0 aliphatic rings. The monoisotopic (exact) mass is 324 g/mol. The van der Waals surface area contributed by atoms with E-state index in [0.29, 0.717) is 12.3 Å². The maximum Gasteiger partial charge on any atom is 0.411 e. The van der Waals surface area contributed by atoms with Crippen LogP contribution in [0.3, 0.4) is 0 Å². The molecule has 0 bridgehead atoms. The third kappa shape index (κ3) is 7.01. The van der Waals surface area contributed by atoms with Crippen molar-refractivity contribution in [3.05, 3.63) is 35.9 Å². The molecule has 0 spiro atoms. The van der Waals surface area contributed by atoms with Crippen LogP contribution in [0.2, 0.25) is 0 Å². The predicted octanol–water partition coefficient (Wildman–Crippen LogP) is 4.21. The zero-order chi connectivity index (χ0) is 13.4. The third-order valence-electron chi connectivity index (χ3n) is 2.52. The Bertz CT molecular complexity index is 327. The van der Waals surface area contributed by atoms with Gasteiger partial charge in [0, 0.05) is 11.9 Å². The lowest BCUT2D eigenvalue weighted by molar-refractivity contribution is -0.174. The second kappa shape index (κ2) is 7.79. The van der Waals surface area contributed by atoms with Gasteiger partial charge in [-0.2, -0.15) is 13.2 Å². The summed E-state index contributed by atoms with van der Waals surface area (Å²) in [6, 6.07) is 9.90. The highest BCUT2D eigenvalue weighted by Gasteiger charge is 2.27. The summed E-state index contributed by atoms with van der Waals surface area (Å²) in [6.45, 7) is -1.02.